The fraction of sp³-hybridized carbons (Fsp3) is 0.0909. The normalized spacial score (nSPS) is 18.5. The molecular weight excluding hydrogens is 528 g/mol. The van der Waals surface area contributed by atoms with Gasteiger partial charge < -0.3 is 0 Å². The molecule has 0 spiro atoms. The average Bonchev–Trinajstić information content (AvgIpc) is 3.07. The van der Waals surface area contributed by atoms with Crippen LogP contribution in [0.3, 0.4) is 0 Å². The highest BCUT2D eigenvalue weighted by Crippen LogP contribution is 2.41. The third kappa shape index (κ3) is 5.03. The largest absolute Gasteiger partial charge is 0.0871 e. The van der Waals surface area contributed by atoms with Crippen LogP contribution in [0.2, 0.25) is 0 Å². The quantitative estimate of drug-likeness (QED) is 0.187. The topological polar surface area (TPSA) is 0 Å². The molecule has 0 nitrogen and oxygen atoms in total. The molecule has 0 fully saturated rings. The van der Waals surface area contributed by atoms with Gasteiger partial charge in [0.25, 0.3) is 0 Å². The molecular formula is C44H36. The van der Waals surface area contributed by atoms with E-state index < -0.39 is 0 Å². The highest BCUT2D eigenvalue weighted by molar-refractivity contribution is 6.15. The Labute approximate surface area is 260 Å². The van der Waals surface area contributed by atoms with Crippen molar-refractivity contribution in [2.75, 3.05) is 0 Å². The molecule has 44 heavy (non-hydrogen) atoms. The third-order valence-corrected chi connectivity index (χ3v) is 8.91. The summed E-state index contributed by atoms with van der Waals surface area (Å²) >= 11 is 0. The van der Waals surface area contributed by atoms with E-state index in [2.05, 4.69) is 172 Å². The number of benzene rings is 6. The average molecular weight is 565 g/mol. The van der Waals surface area contributed by atoms with Crippen LogP contribution >= 0.6 is 0 Å². The van der Waals surface area contributed by atoms with Crippen molar-refractivity contribution in [2.45, 2.75) is 27.2 Å². The second kappa shape index (κ2) is 11.8. The van der Waals surface area contributed by atoms with Crippen molar-refractivity contribution in [1.82, 2.24) is 0 Å². The van der Waals surface area contributed by atoms with Gasteiger partial charge in [-0.05, 0) is 134 Å². The lowest BCUT2D eigenvalue weighted by Gasteiger charge is -2.17. The van der Waals surface area contributed by atoms with Gasteiger partial charge in [-0.1, -0.05) is 127 Å². The zero-order chi connectivity index (χ0) is 30.0. The number of hydrogen-bond acceptors (Lipinski definition) is 0. The molecule has 1 aliphatic carbocycles. The van der Waals surface area contributed by atoms with Gasteiger partial charge in [0.05, 0.1) is 0 Å². The zero-order valence-electron chi connectivity index (χ0n) is 25.6. The maximum absolute atomic E-state index is 2.39. The van der Waals surface area contributed by atoms with Crippen molar-refractivity contribution < 1.29 is 0 Å². The monoisotopic (exact) mass is 564 g/mol. The molecule has 0 bridgehead atoms. The Morgan fingerprint density at radius 3 is 2.07 bits per heavy atom. The molecule has 0 radical (unpaired) electrons. The van der Waals surface area contributed by atoms with E-state index >= 15 is 0 Å². The number of hydrogen-bond donors (Lipinski definition) is 0. The van der Waals surface area contributed by atoms with Gasteiger partial charge >= 0.3 is 0 Å². The summed E-state index contributed by atoms with van der Waals surface area (Å²) in [5.74, 6) is 0. The molecule has 0 unspecified atom stereocenters. The van der Waals surface area contributed by atoms with E-state index in [0.29, 0.717) is 0 Å². The van der Waals surface area contributed by atoms with Gasteiger partial charge in [-0.2, -0.15) is 0 Å². The van der Waals surface area contributed by atoms with Gasteiger partial charge in [0.2, 0.25) is 0 Å². The van der Waals surface area contributed by atoms with Crippen LogP contribution in [0.15, 0.2) is 168 Å². The minimum Gasteiger partial charge on any atom is -0.0871 e. The molecule has 6 aromatic rings. The van der Waals surface area contributed by atoms with Crippen LogP contribution in [-0.2, 0) is 0 Å². The summed E-state index contributed by atoms with van der Waals surface area (Å²) in [6.07, 6.45) is 14.5. The summed E-state index contributed by atoms with van der Waals surface area (Å²) in [6.45, 7) is 6.47. The Balaban J connectivity index is 1.52. The first-order valence-electron chi connectivity index (χ1n) is 15.6. The van der Waals surface area contributed by atoms with Crippen LogP contribution in [0.5, 0.6) is 0 Å². The first kappa shape index (κ1) is 27.6. The fourth-order valence-electron chi connectivity index (χ4n) is 6.65. The minimum atomic E-state index is 0.960. The summed E-state index contributed by atoms with van der Waals surface area (Å²) in [5, 5.41) is 7.63. The van der Waals surface area contributed by atoms with Crippen molar-refractivity contribution in [3.8, 4) is 22.3 Å². The van der Waals surface area contributed by atoms with Gasteiger partial charge in [-0.3, -0.25) is 0 Å². The van der Waals surface area contributed by atoms with Gasteiger partial charge in [-0.15, -0.1) is 0 Å². The first-order chi connectivity index (χ1) is 21.6. The summed E-state index contributed by atoms with van der Waals surface area (Å²) in [4.78, 5) is 0. The van der Waals surface area contributed by atoms with E-state index in [1.165, 1.54) is 82.4 Å². The Hall–Kier alpha value is -5.20. The SMILES string of the molecule is C\C=C/C1=C(\C)C\C=C/C(=C\C)C(/c2ccc3c(-c4ccccc4)cc(-c4cc5ccccc5c5ccccc45)cc3c2)=C\1. The molecule has 1 aliphatic rings. The summed E-state index contributed by atoms with van der Waals surface area (Å²) in [5.41, 5.74) is 11.4. The van der Waals surface area contributed by atoms with Gasteiger partial charge in [0.1, 0.15) is 0 Å². The van der Waals surface area contributed by atoms with Crippen molar-refractivity contribution in [1.29, 1.82) is 0 Å². The first-order valence-corrected chi connectivity index (χ1v) is 15.6. The molecule has 0 atom stereocenters. The van der Waals surface area contributed by atoms with Crippen molar-refractivity contribution in [3.05, 3.63) is 174 Å². The van der Waals surface area contributed by atoms with Crippen LogP contribution in [0.4, 0.5) is 0 Å². The van der Waals surface area contributed by atoms with Crippen molar-refractivity contribution in [2.24, 2.45) is 0 Å². The predicted molar refractivity (Wildman–Crippen MR) is 193 cm³/mol. The smallest absolute Gasteiger partial charge is 0.00986 e. The second-order valence-corrected chi connectivity index (χ2v) is 11.7. The molecule has 0 aliphatic heterocycles. The van der Waals surface area contributed by atoms with E-state index in [4.69, 9.17) is 0 Å². The molecule has 0 heterocycles. The Kier molecular flexibility index (Phi) is 7.42. The highest BCUT2D eigenvalue weighted by Gasteiger charge is 2.15. The Morgan fingerprint density at radius 1 is 0.568 bits per heavy atom. The maximum Gasteiger partial charge on any atom is -0.00986 e. The zero-order valence-corrected chi connectivity index (χ0v) is 25.6. The summed E-state index contributed by atoms with van der Waals surface area (Å²) < 4.78 is 0. The molecule has 6 aromatic carbocycles. The summed E-state index contributed by atoms with van der Waals surface area (Å²) in [7, 11) is 0. The van der Waals surface area contributed by atoms with E-state index in [1.54, 1.807) is 0 Å². The number of fused-ring (bicyclic) bond motifs is 4. The van der Waals surface area contributed by atoms with E-state index in [9.17, 15) is 0 Å². The van der Waals surface area contributed by atoms with Crippen LogP contribution in [0.1, 0.15) is 32.8 Å². The van der Waals surface area contributed by atoms with Crippen LogP contribution < -0.4 is 0 Å². The fourth-order valence-corrected chi connectivity index (χ4v) is 6.65. The lowest BCUT2D eigenvalue weighted by molar-refractivity contribution is 1.18. The number of rotatable bonds is 4. The van der Waals surface area contributed by atoms with Crippen molar-refractivity contribution in [3.63, 3.8) is 0 Å². The standard InChI is InChI=1S/C44H36/c1-4-14-33-27-42(31(5-2)19-13-15-30(33)3)35-23-24-39-36(25-35)26-37(29-43(39)32-16-7-6-8-17-32)44-28-34-18-9-10-20-38(34)40-21-11-12-22-41(40)44/h4-14,16-29H,15H2,1-3H3/b14-4-,19-13-,31-5+,33-30-,42-27+. The highest BCUT2D eigenvalue weighted by atomic mass is 14.2. The third-order valence-electron chi connectivity index (χ3n) is 8.91. The lowest BCUT2D eigenvalue weighted by atomic mass is 9.86. The molecule has 0 heteroatoms. The molecule has 0 N–H and O–H groups in total. The second-order valence-electron chi connectivity index (χ2n) is 11.7. The summed E-state index contributed by atoms with van der Waals surface area (Å²) in [6, 6.07) is 42.5. The Bertz CT molecular complexity index is 2200. The molecule has 212 valence electrons. The van der Waals surface area contributed by atoms with E-state index in [1.807, 2.05) is 0 Å². The lowest BCUT2D eigenvalue weighted by Crippen LogP contribution is -1.95. The maximum atomic E-state index is 2.39. The minimum absolute atomic E-state index is 0.960. The van der Waals surface area contributed by atoms with E-state index in [0.717, 1.165) is 6.42 Å². The van der Waals surface area contributed by atoms with Crippen molar-refractivity contribution >= 4 is 37.9 Å². The molecule has 0 saturated carbocycles. The van der Waals surface area contributed by atoms with Crippen LogP contribution in [-0.4, -0.2) is 0 Å². The van der Waals surface area contributed by atoms with Crippen LogP contribution in [0.25, 0.3) is 60.1 Å². The van der Waals surface area contributed by atoms with Crippen LogP contribution in [0, 0.1) is 0 Å². The molecule has 7 rings (SSSR count). The number of allylic oxidation sites excluding steroid dienone is 10. The van der Waals surface area contributed by atoms with Gasteiger partial charge in [-0.25, -0.2) is 0 Å². The molecule has 0 saturated heterocycles. The van der Waals surface area contributed by atoms with Gasteiger partial charge in [0, 0.05) is 0 Å². The Morgan fingerprint density at radius 2 is 1.27 bits per heavy atom. The van der Waals surface area contributed by atoms with Gasteiger partial charge in [0.15, 0.2) is 0 Å². The molecule has 0 aromatic heterocycles. The predicted octanol–water partition coefficient (Wildman–Crippen LogP) is 12.7. The van der Waals surface area contributed by atoms with E-state index in [-0.39, 0.29) is 0 Å². The molecule has 0 amide bonds.